The standard InChI is InChI=1S/C29H26N8O2/c1-2-3-13-24-30-25-26(28(38)33-34-29(25)39-21-9-5-4-6-10-21)37(24)18-19-14-16-20(17-15-19)22-11-7-8-12-23(22)27-31-35-36-32-27/h4-12,14-17H,2-3,13,18H2,1H3,(H,33,38)(H,31,32,35,36). The zero-order chi connectivity index (χ0) is 26.6. The molecule has 0 fully saturated rings. The van der Waals surface area contributed by atoms with Gasteiger partial charge in [0.15, 0.2) is 5.52 Å². The average Bonchev–Trinajstić information content (AvgIpc) is 3.64. The van der Waals surface area contributed by atoms with Crippen molar-refractivity contribution < 1.29 is 4.74 Å². The molecule has 0 atom stereocenters. The minimum Gasteiger partial charge on any atom is -0.436 e. The number of ether oxygens (including phenoxy) is 1. The molecule has 2 N–H and O–H groups in total. The van der Waals surface area contributed by atoms with Crippen LogP contribution < -0.4 is 10.3 Å². The summed E-state index contributed by atoms with van der Waals surface area (Å²) in [7, 11) is 0. The third kappa shape index (κ3) is 4.91. The number of hydrogen-bond donors (Lipinski definition) is 2. The fourth-order valence-electron chi connectivity index (χ4n) is 4.63. The zero-order valence-electron chi connectivity index (χ0n) is 21.3. The number of nitrogens with one attached hydrogen (secondary N) is 2. The van der Waals surface area contributed by atoms with E-state index >= 15 is 0 Å². The molecule has 3 aromatic carbocycles. The lowest BCUT2D eigenvalue weighted by atomic mass is 9.98. The monoisotopic (exact) mass is 518 g/mol. The Labute approximate surface area is 223 Å². The van der Waals surface area contributed by atoms with Gasteiger partial charge >= 0.3 is 0 Å². The number of H-pyrrole nitrogens is 2. The van der Waals surface area contributed by atoms with Crippen molar-refractivity contribution in [3.63, 3.8) is 0 Å². The van der Waals surface area contributed by atoms with Crippen molar-refractivity contribution in [2.75, 3.05) is 0 Å². The summed E-state index contributed by atoms with van der Waals surface area (Å²) in [5.41, 5.74) is 4.58. The summed E-state index contributed by atoms with van der Waals surface area (Å²) >= 11 is 0. The van der Waals surface area contributed by atoms with Crippen LogP contribution in [0.1, 0.15) is 31.2 Å². The summed E-state index contributed by atoms with van der Waals surface area (Å²) in [6.45, 7) is 2.62. The number of fused-ring (bicyclic) bond motifs is 1. The number of tetrazole rings is 1. The Morgan fingerprint density at radius 3 is 2.41 bits per heavy atom. The van der Waals surface area contributed by atoms with Gasteiger partial charge in [0.2, 0.25) is 5.82 Å². The molecular formula is C29H26N8O2. The van der Waals surface area contributed by atoms with Crippen molar-refractivity contribution in [2.24, 2.45) is 0 Å². The molecule has 0 aliphatic rings. The number of para-hydroxylation sites is 1. The summed E-state index contributed by atoms with van der Waals surface area (Å²) in [6.07, 6.45) is 2.71. The molecule has 0 radical (unpaired) electrons. The second kappa shape index (κ2) is 10.7. The first-order valence-electron chi connectivity index (χ1n) is 12.8. The van der Waals surface area contributed by atoms with E-state index in [4.69, 9.17) is 9.72 Å². The normalized spacial score (nSPS) is 11.2. The largest absolute Gasteiger partial charge is 0.436 e. The molecule has 0 aliphatic heterocycles. The molecule has 6 rings (SSSR count). The van der Waals surface area contributed by atoms with E-state index < -0.39 is 0 Å². The summed E-state index contributed by atoms with van der Waals surface area (Å²) in [6, 6.07) is 25.6. The summed E-state index contributed by atoms with van der Waals surface area (Å²) in [5.74, 6) is 2.27. The van der Waals surface area contributed by atoms with E-state index in [1.165, 1.54) is 0 Å². The summed E-state index contributed by atoms with van der Waals surface area (Å²) in [4.78, 5) is 17.9. The lowest BCUT2D eigenvalue weighted by Crippen LogP contribution is -2.15. The molecule has 194 valence electrons. The van der Waals surface area contributed by atoms with Crippen molar-refractivity contribution >= 4 is 11.0 Å². The highest BCUT2D eigenvalue weighted by Gasteiger charge is 2.20. The van der Waals surface area contributed by atoms with Gasteiger partial charge in [-0.05, 0) is 40.5 Å². The average molecular weight is 519 g/mol. The van der Waals surface area contributed by atoms with E-state index in [-0.39, 0.29) is 11.4 Å². The number of benzene rings is 3. The Kier molecular flexibility index (Phi) is 6.65. The van der Waals surface area contributed by atoms with Crippen LogP contribution in [0.2, 0.25) is 0 Å². The molecule has 3 aromatic heterocycles. The Bertz CT molecular complexity index is 1760. The van der Waals surface area contributed by atoms with Crippen LogP contribution in [0.15, 0.2) is 83.7 Å². The van der Waals surface area contributed by atoms with Crippen molar-refractivity contribution in [3.05, 3.63) is 101 Å². The maximum Gasteiger partial charge on any atom is 0.290 e. The molecule has 0 saturated heterocycles. The van der Waals surface area contributed by atoms with Crippen LogP contribution >= 0.6 is 0 Å². The molecule has 6 aromatic rings. The highest BCUT2D eigenvalue weighted by atomic mass is 16.5. The lowest BCUT2D eigenvalue weighted by molar-refractivity contribution is 0.460. The van der Waals surface area contributed by atoms with Gasteiger partial charge in [0.25, 0.3) is 11.4 Å². The Morgan fingerprint density at radius 2 is 1.67 bits per heavy atom. The third-order valence-corrected chi connectivity index (χ3v) is 6.55. The van der Waals surface area contributed by atoms with Gasteiger partial charge in [-0.25, -0.2) is 10.1 Å². The number of hydrogen-bond acceptors (Lipinski definition) is 7. The Hall–Kier alpha value is -5.12. The maximum absolute atomic E-state index is 13.0. The molecule has 3 heterocycles. The van der Waals surface area contributed by atoms with E-state index in [1.54, 1.807) is 0 Å². The first-order chi connectivity index (χ1) is 19.2. The molecule has 10 heteroatoms. The first-order valence-corrected chi connectivity index (χ1v) is 12.8. The molecule has 39 heavy (non-hydrogen) atoms. The second-order valence-electron chi connectivity index (χ2n) is 9.17. The van der Waals surface area contributed by atoms with Gasteiger partial charge in [-0.2, -0.15) is 5.21 Å². The van der Waals surface area contributed by atoms with Crippen molar-refractivity contribution in [2.45, 2.75) is 32.7 Å². The predicted octanol–water partition coefficient (Wildman–Crippen LogP) is 5.15. The molecule has 0 amide bonds. The topological polar surface area (TPSA) is 127 Å². The number of rotatable bonds is 9. The number of aromatic amines is 2. The van der Waals surface area contributed by atoms with Crippen LogP contribution in [0.4, 0.5) is 0 Å². The highest BCUT2D eigenvalue weighted by Crippen LogP contribution is 2.31. The fraction of sp³-hybridized carbons (Fsp3) is 0.172. The molecular weight excluding hydrogens is 492 g/mol. The van der Waals surface area contributed by atoms with E-state index in [2.05, 4.69) is 62.0 Å². The van der Waals surface area contributed by atoms with Crippen LogP contribution in [0, 0.1) is 0 Å². The van der Waals surface area contributed by atoms with Crippen LogP contribution in [0.3, 0.4) is 0 Å². The molecule has 0 bridgehead atoms. The van der Waals surface area contributed by atoms with Gasteiger partial charge in [0, 0.05) is 18.5 Å². The van der Waals surface area contributed by atoms with Gasteiger partial charge in [-0.1, -0.05) is 80.1 Å². The second-order valence-corrected chi connectivity index (χ2v) is 9.17. The quantitative estimate of drug-likeness (QED) is 0.271. The number of unbranched alkanes of at least 4 members (excludes halogenated alkanes) is 1. The Balaban J connectivity index is 1.36. The summed E-state index contributed by atoms with van der Waals surface area (Å²) < 4.78 is 7.98. The summed E-state index contributed by atoms with van der Waals surface area (Å²) in [5, 5.41) is 21.3. The fourth-order valence-corrected chi connectivity index (χ4v) is 4.63. The maximum atomic E-state index is 13.0. The van der Waals surface area contributed by atoms with Crippen LogP contribution in [0.5, 0.6) is 11.6 Å². The number of nitrogens with zero attached hydrogens (tertiary/aromatic N) is 6. The van der Waals surface area contributed by atoms with E-state index in [0.29, 0.717) is 29.2 Å². The number of aryl methyl sites for hydroxylation is 1. The van der Waals surface area contributed by atoms with Crippen molar-refractivity contribution in [3.8, 4) is 34.1 Å². The smallest absolute Gasteiger partial charge is 0.290 e. The van der Waals surface area contributed by atoms with Gasteiger partial charge in [0.1, 0.15) is 17.1 Å². The number of imidazole rings is 1. The highest BCUT2D eigenvalue weighted by molar-refractivity contribution is 5.81. The van der Waals surface area contributed by atoms with E-state index in [9.17, 15) is 4.79 Å². The van der Waals surface area contributed by atoms with E-state index in [0.717, 1.165) is 47.3 Å². The minimum atomic E-state index is -0.300. The molecule has 10 nitrogen and oxygen atoms in total. The SMILES string of the molecule is CCCCc1nc2c(Oc3ccccc3)n[nH]c(=O)c2n1Cc1ccc(-c2ccccc2-c2nn[nH]n2)cc1. The lowest BCUT2D eigenvalue weighted by Gasteiger charge is -2.11. The molecule has 0 saturated carbocycles. The Morgan fingerprint density at radius 1 is 0.897 bits per heavy atom. The first kappa shape index (κ1) is 24.2. The van der Waals surface area contributed by atoms with Crippen LogP contribution in [-0.2, 0) is 13.0 Å². The van der Waals surface area contributed by atoms with Crippen LogP contribution in [0.25, 0.3) is 33.5 Å². The van der Waals surface area contributed by atoms with Crippen LogP contribution in [-0.4, -0.2) is 40.4 Å². The van der Waals surface area contributed by atoms with Crippen molar-refractivity contribution in [1.82, 2.24) is 40.4 Å². The van der Waals surface area contributed by atoms with Gasteiger partial charge in [-0.15, -0.1) is 15.3 Å². The number of aromatic nitrogens is 8. The van der Waals surface area contributed by atoms with Gasteiger partial charge < -0.3 is 9.30 Å². The zero-order valence-corrected chi connectivity index (χ0v) is 21.3. The van der Waals surface area contributed by atoms with Gasteiger partial charge in [0.05, 0.1) is 0 Å². The van der Waals surface area contributed by atoms with Crippen molar-refractivity contribution in [1.29, 1.82) is 0 Å². The molecule has 0 spiro atoms. The van der Waals surface area contributed by atoms with E-state index in [1.807, 2.05) is 59.2 Å². The minimum absolute atomic E-state index is 0.278. The molecule has 0 unspecified atom stereocenters. The van der Waals surface area contributed by atoms with Gasteiger partial charge in [-0.3, -0.25) is 4.79 Å². The predicted molar refractivity (Wildman–Crippen MR) is 147 cm³/mol. The molecule has 0 aliphatic carbocycles. The third-order valence-electron chi connectivity index (χ3n) is 6.55.